The van der Waals surface area contributed by atoms with E-state index in [4.69, 9.17) is 0 Å². The van der Waals surface area contributed by atoms with Gasteiger partial charge in [-0.1, -0.05) is 0 Å². The van der Waals surface area contributed by atoms with Crippen molar-refractivity contribution in [2.24, 2.45) is 0 Å². The van der Waals surface area contributed by atoms with Gasteiger partial charge in [0.1, 0.15) is 5.76 Å². The van der Waals surface area contributed by atoms with Gasteiger partial charge in [0, 0.05) is 0 Å². The van der Waals surface area contributed by atoms with Crippen LogP contribution >= 0.6 is 0 Å². The summed E-state index contributed by atoms with van der Waals surface area (Å²) in [6.45, 7) is 1.56. The molecule has 0 unspecified atom stereocenters. The van der Waals surface area contributed by atoms with E-state index in [1.165, 1.54) is 6.07 Å². The van der Waals surface area contributed by atoms with Crippen LogP contribution in [0.25, 0.3) is 0 Å². The van der Waals surface area contributed by atoms with Crippen LogP contribution < -0.4 is 29.6 Å². The molecule has 0 aliphatic heterocycles. The number of aryl methyl sites for hydroxylation is 1. The van der Waals surface area contributed by atoms with Crippen LogP contribution in [-0.2, 0) is 10.1 Å². The first kappa shape index (κ1) is 11.2. The molecule has 0 fully saturated rings. The second kappa shape index (κ2) is 3.73. The number of hydrogen-bond acceptors (Lipinski definition) is 4. The maximum absolute atomic E-state index is 10.2. The first-order chi connectivity index (χ1) is 4.50. The van der Waals surface area contributed by atoms with Gasteiger partial charge in [-0.15, -0.1) is 0 Å². The fourth-order valence-electron chi connectivity index (χ4n) is 0.546. The van der Waals surface area contributed by atoms with Gasteiger partial charge in [-0.2, -0.15) is 0 Å². The second-order valence-corrected chi connectivity index (χ2v) is 3.13. The Kier molecular flexibility index (Phi) is 3.79. The third-order valence-electron chi connectivity index (χ3n) is 0.962. The van der Waals surface area contributed by atoms with Crippen molar-refractivity contribution in [2.75, 3.05) is 0 Å². The van der Waals surface area contributed by atoms with E-state index >= 15 is 0 Å². The monoisotopic (exact) mass is 184 g/mol. The quantitative estimate of drug-likeness (QED) is 0.357. The van der Waals surface area contributed by atoms with Crippen molar-refractivity contribution < 1.29 is 46.9 Å². The third kappa shape index (κ3) is 2.96. The molecule has 0 aliphatic rings. The molecule has 4 nitrogen and oxygen atoms in total. The van der Waals surface area contributed by atoms with Gasteiger partial charge in [0.15, 0.2) is 10.1 Å². The van der Waals surface area contributed by atoms with E-state index in [0.717, 1.165) is 6.07 Å². The molecule has 0 saturated heterocycles. The summed E-state index contributed by atoms with van der Waals surface area (Å²) in [5.74, 6) is 0.412. The Labute approximate surface area is 86.6 Å². The summed E-state index contributed by atoms with van der Waals surface area (Å²) in [4.78, 5) is 0. The molecule has 0 bridgehead atoms. The van der Waals surface area contributed by atoms with E-state index in [-0.39, 0.29) is 29.6 Å². The van der Waals surface area contributed by atoms with Crippen LogP contribution in [0.3, 0.4) is 0 Å². The van der Waals surface area contributed by atoms with Crippen molar-refractivity contribution in [2.45, 2.75) is 12.0 Å². The summed E-state index contributed by atoms with van der Waals surface area (Å²) < 4.78 is 35.1. The number of rotatable bonds is 1. The molecule has 0 N–H and O–H groups in total. The Morgan fingerprint density at radius 1 is 1.45 bits per heavy atom. The zero-order valence-corrected chi connectivity index (χ0v) is 9.01. The van der Waals surface area contributed by atoms with Crippen molar-refractivity contribution >= 4 is 10.1 Å². The van der Waals surface area contributed by atoms with Gasteiger partial charge in [0.05, 0.1) is 0 Å². The van der Waals surface area contributed by atoms with Gasteiger partial charge < -0.3 is 8.97 Å². The largest absolute Gasteiger partial charge is 1.00 e. The maximum Gasteiger partial charge on any atom is 1.00 e. The average Bonchev–Trinajstić information content (AvgIpc) is 2.11. The molecular formula is C5H5NaO4S. The molecule has 1 heterocycles. The van der Waals surface area contributed by atoms with Crippen LogP contribution in [0, 0.1) is 6.92 Å². The van der Waals surface area contributed by atoms with Gasteiger partial charge in [-0.05, 0) is 19.1 Å². The molecule has 0 spiro atoms. The molecule has 56 valence electrons. The zero-order valence-electron chi connectivity index (χ0n) is 6.20. The Morgan fingerprint density at radius 3 is 2.18 bits per heavy atom. The minimum atomic E-state index is -4.40. The second-order valence-electron chi connectivity index (χ2n) is 1.82. The van der Waals surface area contributed by atoms with Gasteiger partial charge >= 0.3 is 29.6 Å². The SMILES string of the molecule is Cc1ccc(S(=O)(=O)[O-])o1.[Na+]. The number of hydrogen-bond donors (Lipinski definition) is 0. The first-order valence-electron chi connectivity index (χ1n) is 2.52. The van der Waals surface area contributed by atoms with Crippen LogP contribution in [0.4, 0.5) is 0 Å². The van der Waals surface area contributed by atoms with Crippen molar-refractivity contribution in [1.82, 2.24) is 0 Å². The minimum Gasteiger partial charge on any atom is -0.742 e. The molecule has 0 atom stereocenters. The van der Waals surface area contributed by atoms with Gasteiger partial charge in [-0.3, -0.25) is 0 Å². The van der Waals surface area contributed by atoms with E-state index in [1.807, 2.05) is 0 Å². The van der Waals surface area contributed by atoms with Crippen molar-refractivity contribution in [3.8, 4) is 0 Å². The smallest absolute Gasteiger partial charge is 0.742 e. The molecule has 1 aromatic rings. The van der Waals surface area contributed by atoms with Crippen molar-refractivity contribution in [1.29, 1.82) is 0 Å². The number of furan rings is 1. The predicted octanol–water partition coefficient (Wildman–Crippen LogP) is -2.50. The fourth-order valence-corrected chi connectivity index (χ4v) is 1.01. The summed E-state index contributed by atoms with van der Waals surface area (Å²) >= 11 is 0. The Bertz CT molecular complexity index is 326. The molecule has 0 amide bonds. The minimum absolute atomic E-state index is 0. The Balaban J connectivity index is 0.000001000. The maximum atomic E-state index is 10.2. The third-order valence-corrected chi connectivity index (χ3v) is 1.67. The van der Waals surface area contributed by atoms with Gasteiger partial charge in [0.2, 0.25) is 5.09 Å². The molecule has 11 heavy (non-hydrogen) atoms. The molecule has 1 rings (SSSR count). The summed E-state index contributed by atoms with van der Waals surface area (Å²) in [6.07, 6.45) is 0. The van der Waals surface area contributed by atoms with Gasteiger partial charge in [-0.25, -0.2) is 8.42 Å². The van der Waals surface area contributed by atoms with Crippen molar-refractivity contribution in [3.63, 3.8) is 0 Å². The molecular weight excluding hydrogens is 179 g/mol. The van der Waals surface area contributed by atoms with Crippen LogP contribution in [0.15, 0.2) is 21.6 Å². The van der Waals surface area contributed by atoms with E-state index < -0.39 is 15.2 Å². The van der Waals surface area contributed by atoms with Crippen molar-refractivity contribution in [3.05, 3.63) is 17.9 Å². The Hall–Kier alpha value is 0.190. The topological polar surface area (TPSA) is 70.3 Å². The van der Waals surface area contributed by atoms with Crippen LogP contribution in [0.5, 0.6) is 0 Å². The normalized spacial score (nSPS) is 10.7. The summed E-state index contributed by atoms with van der Waals surface area (Å²) in [5.41, 5.74) is 0. The van der Waals surface area contributed by atoms with E-state index in [2.05, 4.69) is 4.42 Å². The van der Waals surface area contributed by atoms with E-state index in [0.29, 0.717) is 5.76 Å². The first-order valence-corrected chi connectivity index (χ1v) is 3.93. The van der Waals surface area contributed by atoms with Crippen LogP contribution in [-0.4, -0.2) is 13.0 Å². The van der Waals surface area contributed by atoms with Gasteiger partial charge in [0.25, 0.3) is 0 Å². The Morgan fingerprint density at radius 2 is 2.00 bits per heavy atom. The fraction of sp³-hybridized carbons (Fsp3) is 0.200. The van der Waals surface area contributed by atoms with Crippen LogP contribution in [0.2, 0.25) is 0 Å². The summed E-state index contributed by atoms with van der Waals surface area (Å²) in [7, 11) is -4.40. The zero-order chi connectivity index (χ0) is 7.78. The van der Waals surface area contributed by atoms with Crippen LogP contribution in [0.1, 0.15) is 5.76 Å². The summed E-state index contributed by atoms with van der Waals surface area (Å²) in [5, 5.41) is -0.523. The van der Waals surface area contributed by atoms with E-state index in [9.17, 15) is 13.0 Å². The molecule has 6 heteroatoms. The molecule has 0 aromatic carbocycles. The standard InChI is InChI=1S/C5H6O4S.Na/c1-4-2-3-5(9-4)10(6,7)8;/h2-3H,1H3,(H,6,7,8);/q;+1/p-1. The van der Waals surface area contributed by atoms with E-state index in [1.54, 1.807) is 6.92 Å². The summed E-state index contributed by atoms with van der Waals surface area (Å²) in [6, 6.07) is 2.56. The molecule has 0 aliphatic carbocycles. The molecule has 0 radical (unpaired) electrons. The molecule has 1 aromatic heterocycles. The average molecular weight is 184 g/mol. The predicted molar refractivity (Wildman–Crippen MR) is 31.4 cm³/mol. The molecule has 0 saturated carbocycles.